The van der Waals surface area contributed by atoms with E-state index in [0.717, 1.165) is 30.7 Å². The van der Waals surface area contributed by atoms with E-state index in [1.165, 1.54) is 22.9 Å². The number of aromatic nitrogens is 3. The number of para-hydroxylation sites is 2. The van der Waals surface area contributed by atoms with Crippen molar-refractivity contribution in [2.45, 2.75) is 30.5 Å². The van der Waals surface area contributed by atoms with Crippen LogP contribution < -0.4 is 10.1 Å². The van der Waals surface area contributed by atoms with Gasteiger partial charge in [0.05, 0.1) is 24.6 Å². The first-order valence-electron chi connectivity index (χ1n) is 9.29. The Bertz CT molecular complexity index is 972. The van der Waals surface area contributed by atoms with Gasteiger partial charge in [-0.1, -0.05) is 48.2 Å². The molecule has 7 heteroatoms. The first-order chi connectivity index (χ1) is 13.8. The molecule has 0 saturated carbocycles. The highest BCUT2D eigenvalue weighted by Gasteiger charge is 2.22. The maximum Gasteiger partial charge on any atom is 0.230 e. The number of ether oxygens (including phenoxy) is 1. The van der Waals surface area contributed by atoms with E-state index in [-0.39, 0.29) is 17.7 Å². The van der Waals surface area contributed by atoms with E-state index in [4.69, 9.17) is 4.74 Å². The molecule has 0 fully saturated rings. The number of carbonyl (C=O) groups is 1. The Labute approximate surface area is 168 Å². The van der Waals surface area contributed by atoms with E-state index in [1.807, 2.05) is 34.9 Å². The molecule has 28 heavy (non-hydrogen) atoms. The van der Waals surface area contributed by atoms with E-state index in [2.05, 4.69) is 33.7 Å². The van der Waals surface area contributed by atoms with Gasteiger partial charge >= 0.3 is 0 Å². The number of aryl methyl sites for hydroxylation is 1. The summed E-state index contributed by atoms with van der Waals surface area (Å²) in [5.41, 5.74) is 3.42. The largest absolute Gasteiger partial charge is 0.495 e. The van der Waals surface area contributed by atoms with Crippen LogP contribution in [0.25, 0.3) is 5.69 Å². The molecule has 6 nitrogen and oxygen atoms in total. The quantitative estimate of drug-likeness (QED) is 0.648. The van der Waals surface area contributed by atoms with Crippen LogP contribution in [0.4, 0.5) is 0 Å². The van der Waals surface area contributed by atoms with Crippen LogP contribution in [0.2, 0.25) is 0 Å². The number of nitrogens with one attached hydrogen (secondary N) is 1. The van der Waals surface area contributed by atoms with Gasteiger partial charge in [0, 0.05) is 0 Å². The zero-order valence-corrected chi connectivity index (χ0v) is 16.5. The second-order valence-electron chi connectivity index (χ2n) is 6.66. The van der Waals surface area contributed by atoms with Crippen molar-refractivity contribution in [2.24, 2.45) is 0 Å². The third-order valence-corrected chi connectivity index (χ3v) is 5.84. The lowest BCUT2D eigenvalue weighted by atomic mass is 9.88. The first kappa shape index (κ1) is 18.6. The van der Waals surface area contributed by atoms with Crippen LogP contribution in [0.5, 0.6) is 5.75 Å². The standard InChI is InChI=1S/C21H22N4O2S/c1-27-19-12-5-4-11-18(19)25-14-22-24-21(25)28-13-20(26)23-17-10-6-8-15-7-2-3-9-16(15)17/h2-5,7,9,11-12,14,17H,6,8,10,13H2,1H3,(H,23,26). The van der Waals surface area contributed by atoms with Crippen molar-refractivity contribution in [1.82, 2.24) is 20.1 Å². The molecule has 3 aromatic rings. The summed E-state index contributed by atoms with van der Waals surface area (Å²) in [7, 11) is 1.63. The Morgan fingerprint density at radius 1 is 1.25 bits per heavy atom. The fourth-order valence-corrected chi connectivity index (χ4v) is 4.32. The number of methoxy groups -OCH3 is 1. The topological polar surface area (TPSA) is 69.0 Å². The van der Waals surface area contributed by atoms with E-state index >= 15 is 0 Å². The Morgan fingerprint density at radius 2 is 2.07 bits per heavy atom. The van der Waals surface area contributed by atoms with Crippen LogP contribution in [0.15, 0.2) is 60.0 Å². The minimum Gasteiger partial charge on any atom is -0.495 e. The number of rotatable bonds is 6. The number of benzene rings is 2. The lowest BCUT2D eigenvalue weighted by molar-refractivity contribution is -0.119. The predicted octanol–water partition coefficient (Wildman–Crippen LogP) is 3.56. The van der Waals surface area contributed by atoms with Crippen LogP contribution in [0.1, 0.15) is 30.0 Å². The molecule has 1 amide bonds. The average molecular weight is 395 g/mol. The normalized spacial score (nSPS) is 15.7. The molecule has 2 aromatic carbocycles. The van der Waals surface area contributed by atoms with Crippen LogP contribution in [-0.2, 0) is 11.2 Å². The molecule has 0 bridgehead atoms. The third-order valence-electron chi connectivity index (χ3n) is 4.90. The second-order valence-corrected chi connectivity index (χ2v) is 7.60. The maximum absolute atomic E-state index is 12.6. The minimum atomic E-state index is 0.00118. The average Bonchev–Trinajstić information content (AvgIpc) is 3.21. The molecular formula is C21H22N4O2S. The fraction of sp³-hybridized carbons (Fsp3) is 0.286. The number of hydrogen-bond acceptors (Lipinski definition) is 5. The van der Waals surface area contributed by atoms with Crippen molar-refractivity contribution in [3.05, 3.63) is 66.0 Å². The van der Waals surface area contributed by atoms with Gasteiger partial charge in [0.2, 0.25) is 5.91 Å². The number of fused-ring (bicyclic) bond motifs is 1. The molecule has 0 radical (unpaired) electrons. The summed E-state index contributed by atoms with van der Waals surface area (Å²) in [6.45, 7) is 0. The molecule has 1 N–H and O–H groups in total. The summed E-state index contributed by atoms with van der Waals surface area (Å²) in [6.07, 6.45) is 4.79. The molecule has 1 atom stereocenters. The van der Waals surface area contributed by atoms with E-state index < -0.39 is 0 Å². The SMILES string of the molecule is COc1ccccc1-n1cnnc1SCC(=O)NC1CCCc2ccccc21. The molecule has 1 unspecified atom stereocenters. The summed E-state index contributed by atoms with van der Waals surface area (Å²) in [4.78, 5) is 12.6. The van der Waals surface area contributed by atoms with Gasteiger partial charge in [-0.15, -0.1) is 10.2 Å². The van der Waals surface area contributed by atoms with Crippen LogP contribution in [0, 0.1) is 0 Å². The van der Waals surface area contributed by atoms with Crippen molar-refractivity contribution in [3.8, 4) is 11.4 Å². The highest BCUT2D eigenvalue weighted by Crippen LogP contribution is 2.30. The molecule has 0 aliphatic heterocycles. The number of amides is 1. The Balaban J connectivity index is 1.42. The van der Waals surface area contributed by atoms with Crippen molar-refractivity contribution < 1.29 is 9.53 Å². The first-order valence-corrected chi connectivity index (χ1v) is 10.3. The van der Waals surface area contributed by atoms with Crippen LogP contribution in [0.3, 0.4) is 0 Å². The van der Waals surface area contributed by atoms with Gasteiger partial charge in [-0.25, -0.2) is 0 Å². The number of thioether (sulfide) groups is 1. The molecule has 0 spiro atoms. The second kappa shape index (κ2) is 8.48. The lowest BCUT2D eigenvalue weighted by Crippen LogP contribution is -2.32. The van der Waals surface area contributed by atoms with E-state index in [1.54, 1.807) is 13.4 Å². The molecule has 4 rings (SSSR count). The monoisotopic (exact) mass is 394 g/mol. The highest BCUT2D eigenvalue weighted by atomic mass is 32.2. The maximum atomic E-state index is 12.6. The van der Waals surface area contributed by atoms with Crippen LogP contribution in [-0.4, -0.2) is 33.5 Å². The van der Waals surface area contributed by atoms with Gasteiger partial charge in [0.1, 0.15) is 12.1 Å². The third kappa shape index (κ3) is 3.89. The van der Waals surface area contributed by atoms with Crippen molar-refractivity contribution in [2.75, 3.05) is 12.9 Å². The van der Waals surface area contributed by atoms with E-state index in [9.17, 15) is 4.79 Å². The highest BCUT2D eigenvalue weighted by molar-refractivity contribution is 7.99. The summed E-state index contributed by atoms with van der Waals surface area (Å²) < 4.78 is 7.26. The van der Waals surface area contributed by atoms with Gasteiger partial charge in [-0.3, -0.25) is 9.36 Å². The Kier molecular flexibility index (Phi) is 5.62. The summed E-state index contributed by atoms with van der Waals surface area (Å²) in [5.74, 6) is 1.01. The van der Waals surface area contributed by atoms with Crippen molar-refractivity contribution in [1.29, 1.82) is 0 Å². The number of nitrogens with zero attached hydrogens (tertiary/aromatic N) is 3. The summed E-state index contributed by atoms with van der Waals surface area (Å²) in [6, 6.07) is 16.1. The molecule has 1 aliphatic rings. The van der Waals surface area contributed by atoms with Crippen molar-refractivity contribution in [3.63, 3.8) is 0 Å². The van der Waals surface area contributed by atoms with Gasteiger partial charge < -0.3 is 10.1 Å². The van der Waals surface area contributed by atoms with Gasteiger partial charge in [0.15, 0.2) is 5.16 Å². The number of hydrogen-bond donors (Lipinski definition) is 1. The van der Waals surface area contributed by atoms with E-state index in [0.29, 0.717) is 5.16 Å². The smallest absolute Gasteiger partial charge is 0.230 e. The van der Waals surface area contributed by atoms with Crippen molar-refractivity contribution >= 4 is 17.7 Å². The molecule has 1 aromatic heterocycles. The van der Waals surface area contributed by atoms with Gasteiger partial charge in [-0.05, 0) is 42.5 Å². The zero-order valence-electron chi connectivity index (χ0n) is 15.7. The summed E-state index contributed by atoms with van der Waals surface area (Å²) >= 11 is 1.37. The summed E-state index contributed by atoms with van der Waals surface area (Å²) in [5, 5.41) is 12.0. The molecule has 1 heterocycles. The zero-order chi connectivity index (χ0) is 19.3. The predicted molar refractivity (Wildman–Crippen MR) is 109 cm³/mol. The Morgan fingerprint density at radius 3 is 2.96 bits per heavy atom. The number of carbonyl (C=O) groups excluding carboxylic acids is 1. The molecular weight excluding hydrogens is 372 g/mol. The molecule has 144 valence electrons. The minimum absolute atomic E-state index is 0.00118. The fourth-order valence-electron chi connectivity index (χ4n) is 3.59. The Hall–Kier alpha value is -2.80. The molecule has 1 aliphatic carbocycles. The lowest BCUT2D eigenvalue weighted by Gasteiger charge is -2.26. The van der Waals surface area contributed by atoms with Gasteiger partial charge in [0.25, 0.3) is 0 Å². The molecule has 0 saturated heterocycles. The van der Waals surface area contributed by atoms with Crippen LogP contribution >= 0.6 is 11.8 Å². The van der Waals surface area contributed by atoms with Gasteiger partial charge in [-0.2, -0.15) is 0 Å².